The molecule has 2 aromatic rings. The van der Waals surface area contributed by atoms with Gasteiger partial charge in [0, 0.05) is 29.4 Å². The topological polar surface area (TPSA) is 87.5 Å². The summed E-state index contributed by atoms with van der Waals surface area (Å²) in [5, 5.41) is 7.33. The summed E-state index contributed by atoms with van der Waals surface area (Å²) in [6.45, 7) is 4.72. The molecule has 134 valence electrons. The van der Waals surface area contributed by atoms with Gasteiger partial charge in [0.2, 0.25) is 12.2 Å². The molecule has 0 bridgehead atoms. The first-order chi connectivity index (χ1) is 12.1. The lowest BCUT2D eigenvalue weighted by Gasteiger charge is -2.10. The van der Waals surface area contributed by atoms with Crippen molar-refractivity contribution in [3.05, 3.63) is 29.5 Å². The molecule has 0 spiro atoms. The van der Waals surface area contributed by atoms with Crippen molar-refractivity contribution in [2.45, 2.75) is 20.2 Å². The number of hydrogen-bond donors (Lipinski definition) is 1. The maximum atomic E-state index is 14.5. The minimum Gasteiger partial charge on any atom is -0.481 e. The molecule has 1 unspecified atom stereocenters. The Morgan fingerprint density at radius 2 is 2.36 bits per heavy atom. The number of rotatable bonds is 5. The Hall–Kier alpha value is -2.52. The van der Waals surface area contributed by atoms with E-state index in [0.29, 0.717) is 24.3 Å². The molecule has 0 radical (unpaired) electrons. The van der Waals surface area contributed by atoms with E-state index in [1.54, 1.807) is 20.0 Å². The van der Waals surface area contributed by atoms with Crippen molar-refractivity contribution in [1.82, 2.24) is 20.1 Å². The standard InChI is InChI=1S/C16H19FN4O4/c1-4-24-15(22)13-10(8-21(20-13)16-18-5-6-25-16)12-9(2)14(23-3)19-7-11(12)17/h7-8,16,18H,4-6H2,1-3H3. The molecule has 0 aliphatic carbocycles. The Morgan fingerprint density at radius 1 is 1.56 bits per heavy atom. The zero-order valence-electron chi connectivity index (χ0n) is 14.2. The SMILES string of the molecule is CCOC(=O)c1nn(C2NCCO2)cc1-c1c(F)cnc(OC)c1C. The summed E-state index contributed by atoms with van der Waals surface area (Å²) in [6, 6.07) is 0. The third-order valence-electron chi connectivity index (χ3n) is 3.83. The highest BCUT2D eigenvalue weighted by Gasteiger charge is 2.27. The fourth-order valence-electron chi connectivity index (χ4n) is 2.73. The molecular weight excluding hydrogens is 331 g/mol. The fraction of sp³-hybridized carbons (Fsp3) is 0.438. The Bertz CT molecular complexity index is 787. The number of nitrogens with zero attached hydrogens (tertiary/aromatic N) is 3. The quantitative estimate of drug-likeness (QED) is 0.821. The number of carbonyl (C=O) groups is 1. The first-order valence-electron chi connectivity index (χ1n) is 7.87. The van der Waals surface area contributed by atoms with Crippen LogP contribution in [0.25, 0.3) is 11.1 Å². The van der Waals surface area contributed by atoms with Gasteiger partial charge in [0.05, 0.1) is 26.5 Å². The van der Waals surface area contributed by atoms with Crippen LogP contribution in [0.5, 0.6) is 5.88 Å². The second-order valence-electron chi connectivity index (χ2n) is 5.38. The Labute approximate surface area is 143 Å². The zero-order chi connectivity index (χ0) is 18.0. The van der Waals surface area contributed by atoms with Crippen LogP contribution < -0.4 is 10.1 Å². The van der Waals surface area contributed by atoms with E-state index in [0.717, 1.165) is 6.20 Å². The van der Waals surface area contributed by atoms with Crippen molar-refractivity contribution in [2.75, 3.05) is 26.9 Å². The number of esters is 1. The lowest BCUT2D eigenvalue weighted by molar-refractivity contribution is 0.0329. The second kappa shape index (κ2) is 7.16. The minimum absolute atomic E-state index is 0.00871. The summed E-state index contributed by atoms with van der Waals surface area (Å²) < 4.78 is 31.7. The van der Waals surface area contributed by atoms with Crippen LogP contribution in [0.3, 0.4) is 0 Å². The molecule has 0 saturated carbocycles. The highest BCUT2D eigenvalue weighted by molar-refractivity contribution is 5.95. The van der Waals surface area contributed by atoms with Crippen LogP contribution in [0, 0.1) is 12.7 Å². The van der Waals surface area contributed by atoms with Gasteiger partial charge in [-0.25, -0.2) is 18.9 Å². The molecule has 1 saturated heterocycles. The van der Waals surface area contributed by atoms with E-state index in [2.05, 4.69) is 15.4 Å². The van der Waals surface area contributed by atoms with Crippen LogP contribution in [-0.2, 0) is 9.47 Å². The van der Waals surface area contributed by atoms with E-state index in [9.17, 15) is 9.18 Å². The molecule has 1 aliphatic rings. The van der Waals surface area contributed by atoms with Crippen LogP contribution in [0.2, 0.25) is 0 Å². The summed E-state index contributed by atoms with van der Waals surface area (Å²) >= 11 is 0. The number of pyridine rings is 1. The molecular formula is C16H19FN4O4. The van der Waals surface area contributed by atoms with Crippen molar-refractivity contribution in [3.63, 3.8) is 0 Å². The van der Waals surface area contributed by atoms with Crippen LogP contribution in [0.15, 0.2) is 12.4 Å². The van der Waals surface area contributed by atoms with Gasteiger partial charge in [-0.3, -0.25) is 5.32 Å². The van der Waals surface area contributed by atoms with Crippen LogP contribution in [-0.4, -0.2) is 47.6 Å². The number of nitrogens with one attached hydrogen (secondary N) is 1. The molecule has 1 aliphatic heterocycles. The number of ether oxygens (including phenoxy) is 3. The van der Waals surface area contributed by atoms with Crippen molar-refractivity contribution >= 4 is 5.97 Å². The summed E-state index contributed by atoms with van der Waals surface area (Å²) in [5.41, 5.74) is 0.966. The molecule has 0 aromatic carbocycles. The average Bonchev–Trinajstić information content (AvgIpc) is 3.25. The normalized spacial score (nSPS) is 16.9. The molecule has 25 heavy (non-hydrogen) atoms. The molecule has 3 heterocycles. The van der Waals surface area contributed by atoms with Crippen molar-refractivity contribution < 1.29 is 23.4 Å². The number of aromatic nitrogens is 3. The highest BCUT2D eigenvalue weighted by atomic mass is 19.1. The molecule has 0 amide bonds. The van der Waals surface area contributed by atoms with Gasteiger partial charge in [-0.05, 0) is 13.8 Å². The van der Waals surface area contributed by atoms with E-state index >= 15 is 0 Å². The highest BCUT2D eigenvalue weighted by Crippen LogP contribution is 2.33. The third-order valence-corrected chi connectivity index (χ3v) is 3.83. The van der Waals surface area contributed by atoms with Crippen molar-refractivity contribution in [3.8, 4) is 17.0 Å². The smallest absolute Gasteiger partial charge is 0.359 e. The van der Waals surface area contributed by atoms with Crippen LogP contribution >= 0.6 is 0 Å². The van der Waals surface area contributed by atoms with Gasteiger partial charge in [0.1, 0.15) is 5.82 Å². The van der Waals surface area contributed by atoms with Gasteiger partial charge in [-0.15, -0.1) is 0 Å². The first-order valence-corrected chi connectivity index (χ1v) is 7.87. The number of halogens is 1. The molecule has 2 aromatic heterocycles. The summed E-state index contributed by atoms with van der Waals surface area (Å²) in [6.07, 6.45) is 2.09. The first kappa shape index (κ1) is 17.3. The lowest BCUT2D eigenvalue weighted by atomic mass is 10.0. The zero-order valence-corrected chi connectivity index (χ0v) is 14.2. The van der Waals surface area contributed by atoms with Crippen molar-refractivity contribution in [1.29, 1.82) is 0 Å². The van der Waals surface area contributed by atoms with Crippen LogP contribution in [0.1, 0.15) is 29.3 Å². The van der Waals surface area contributed by atoms with Gasteiger partial charge in [-0.2, -0.15) is 5.10 Å². The van der Waals surface area contributed by atoms with E-state index < -0.39 is 18.1 Å². The van der Waals surface area contributed by atoms with Gasteiger partial charge in [-0.1, -0.05) is 0 Å². The molecule has 1 atom stereocenters. The Morgan fingerprint density at radius 3 is 3.00 bits per heavy atom. The predicted octanol–water partition coefficient (Wildman–Crippen LogP) is 1.65. The minimum atomic E-state index is -0.635. The van der Waals surface area contributed by atoms with Gasteiger partial charge in [0.15, 0.2) is 5.69 Å². The maximum Gasteiger partial charge on any atom is 0.359 e. The molecule has 3 rings (SSSR count). The fourth-order valence-corrected chi connectivity index (χ4v) is 2.73. The summed E-state index contributed by atoms with van der Waals surface area (Å²) in [5.74, 6) is -0.943. The lowest BCUT2D eigenvalue weighted by Crippen LogP contribution is -2.21. The van der Waals surface area contributed by atoms with Crippen molar-refractivity contribution in [2.24, 2.45) is 0 Å². The number of hydrogen-bond acceptors (Lipinski definition) is 7. The van der Waals surface area contributed by atoms with E-state index in [1.807, 2.05) is 0 Å². The summed E-state index contributed by atoms with van der Waals surface area (Å²) in [4.78, 5) is 16.2. The van der Waals surface area contributed by atoms with E-state index in [4.69, 9.17) is 14.2 Å². The second-order valence-corrected chi connectivity index (χ2v) is 5.38. The van der Waals surface area contributed by atoms with E-state index in [1.165, 1.54) is 11.8 Å². The van der Waals surface area contributed by atoms with Gasteiger partial charge >= 0.3 is 5.97 Å². The Balaban J connectivity index is 2.15. The molecule has 9 heteroatoms. The Kier molecular flexibility index (Phi) is 4.95. The largest absolute Gasteiger partial charge is 0.481 e. The number of carbonyl (C=O) groups excluding carboxylic acids is 1. The monoisotopic (exact) mass is 350 g/mol. The summed E-state index contributed by atoms with van der Waals surface area (Å²) in [7, 11) is 1.45. The van der Waals surface area contributed by atoms with Crippen LogP contribution in [0.4, 0.5) is 4.39 Å². The molecule has 1 fully saturated rings. The molecule has 1 N–H and O–H groups in total. The van der Waals surface area contributed by atoms with E-state index in [-0.39, 0.29) is 23.7 Å². The maximum absolute atomic E-state index is 14.5. The predicted molar refractivity (Wildman–Crippen MR) is 85.7 cm³/mol. The molecule has 8 nitrogen and oxygen atoms in total. The van der Waals surface area contributed by atoms with Gasteiger partial charge < -0.3 is 14.2 Å². The third kappa shape index (κ3) is 3.20. The average molecular weight is 350 g/mol. The number of methoxy groups -OCH3 is 1. The van der Waals surface area contributed by atoms with Gasteiger partial charge in [0.25, 0.3) is 0 Å².